The fourth-order valence-electron chi connectivity index (χ4n) is 1.71. The van der Waals surface area contributed by atoms with E-state index in [9.17, 15) is 4.79 Å². The van der Waals surface area contributed by atoms with Gasteiger partial charge in [0.15, 0.2) is 6.19 Å². The van der Waals surface area contributed by atoms with Gasteiger partial charge in [0.2, 0.25) is 0 Å². The third kappa shape index (κ3) is 5.73. The molecular weight excluding hydrogens is 234 g/mol. The van der Waals surface area contributed by atoms with Gasteiger partial charge in [0.25, 0.3) is 0 Å². The Kier molecular flexibility index (Phi) is 5.23. The molecule has 1 aliphatic heterocycles. The second-order valence-corrected chi connectivity index (χ2v) is 5.37. The number of hydrogen-bond acceptors (Lipinski definition) is 5. The Balaban J connectivity index is 2.23. The number of nitrogens with one attached hydrogen (secondary N) is 2. The van der Waals surface area contributed by atoms with Crippen LogP contribution in [-0.4, -0.2) is 37.0 Å². The molecule has 1 fully saturated rings. The van der Waals surface area contributed by atoms with Crippen molar-refractivity contribution in [3.63, 3.8) is 0 Å². The molecule has 102 valence electrons. The maximum Gasteiger partial charge on any atom is 0.407 e. The van der Waals surface area contributed by atoms with Crippen LogP contribution in [-0.2, 0) is 9.47 Å². The summed E-state index contributed by atoms with van der Waals surface area (Å²) in [6, 6.07) is -0.0156. The normalized spacial score (nSPS) is 23.9. The third-order valence-electron chi connectivity index (χ3n) is 2.50. The summed E-state index contributed by atoms with van der Waals surface area (Å²) in [6.45, 7) is 6.46. The van der Waals surface area contributed by atoms with Crippen molar-refractivity contribution in [2.45, 2.75) is 51.4 Å². The van der Waals surface area contributed by atoms with Crippen LogP contribution in [0.25, 0.3) is 0 Å². The summed E-state index contributed by atoms with van der Waals surface area (Å²) in [6.07, 6.45) is 3.14. The average Bonchev–Trinajstić information content (AvgIpc) is 2.25. The zero-order chi connectivity index (χ0) is 13.6. The summed E-state index contributed by atoms with van der Waals surface area (Å²) in [5, 5.41) is 13.7. The average molecular weight is 255 g/mol. The van der Waals surface area contributed by atoms with E-state index in [-0.39, 0.29) is 12.1 Å². The smallest absolute Gasteiger partial charge is 0.407 e. The molecule has 0 unspecified atom stereocenters. The molecule has 2 atom stereocenters. The molecule has 1 aliphatic rings. The van der Waals surface area contributed by atoms with Crippen LogP contribution in [0.3, 0.4) is 0 Å². The van der Waals surface area contributed by atoms with Crippen LogP contribution >= 0.6 is 0 Å². The Labute approximate surface area is 108 Å². The van der Waals surface area contributed by atoms with E-state index in [2.05, 4.69) is 10.6 Å². The lowest BCUT2D eigenvalue weighted by Crippen LogP contribution is -2.46. The molecule has 0 aliphatic carbocycles. The van der Waals surface area contributed by atoms with Crippen LogP contribution in [0.2, 0.25) is 0 Å². The molecule has 1 saturated heterocycles. The van der Waals surface area contributed by atoms with Gasteiger partial charge in [-0.15, -0.1) is 0 Å². The van der Waals surface area contributed by atoms with Crippen LogP contribution in [0, 0.1) is 11.5 Å². The van der Waals surface area contributed by atoms with Crippen molar-refractivity contribution >= 4 is 6.09 Å². The van der Waals surface area contributed by atoms with Crippen molar-refractivity contribution in [1.82, 2.24) is 10.6 Å². The molecule has 1 heterocycles. The van der Waals surface area contributed by atoms with Crippen molar-refractivity contribution < 1.29 is 14.3 Å². The Hall–Kier alpha value is -1.48. The molecule has 0 saturated carbocycles. The van der Waals surface area contributed by atoms with Gasteiger partial charge in [-0.25, -0.2) is 4.79 Å². The van der Waals surface area contributed by atoms with Crippen LogP contribution in [0.1, 0.15) is 33.6 Å². The van der Waals surface area contributed by atoms with E-state index in [1.54, 1.807) is 0 Å². The molecule has 1 rings (SSSR count). The lowest BCUT2D eigenvalue weighted by atomic mass is 10.1. The highest BCUT2D eigenvalue weighted by atomic mass is 16.6. The van der Waals surface area contributed by atoms with Gasteiger partial charge in [-0.05, 0) is 33.6 Å². The Morgan fingerprint density at radius 3 is 2.72 bits per heavy atom. The summed E-state index contributed by atoms with van der Waals surface area (Å²) in [4.78, 5) is 11.5. The minimum atomic E-state index is -0.487. The number of ether oxygens (including phenoxy) is 2. The van der Waals surface area contributed by atoms with Crippen LogP contribution in [0.4, 0.5) is 4.79 Å². The van der Waals surface area contributed by atoms with E-state index in [1.165, 1.54) is 0 Å². The Bertz CT molecular complexity index is 312. The van der Waals surface area contributed by atoms with E-state index < -0.39 is 11.7 Å². The van der Waals surface area contributed by atoms with Gasteiger partial charge in [0.05, 0.1) is 25.3 Å². The number of rotatable bonds is 3. The van der Waals surface area contributed by atoms with E-state index in [0.717, 1.165) is 12.8 Å². The van der Waals surface area contributed by atoms with E-state index >= 15 is 0 Å². The number of amides is 1. The second-order valence-electron chi connectivity index (χ2n) is 5.37. The predicted molar refractivity (Wildman–Crippen MR) is 65.7 cm³/mol. The van der Waals surface area contributed by atoms with Gasteiger partial charge in [-0.3, -0.25) is 0 Å². The molecule has 0 aromatic rings. The largest absolute Gasteiger partial charge is 0.444 e. The van der Waals surface area contributed by atoms with E-state index in [4.69, 9.17) is 14.7 Å². The first kappa shape index (κ1) is 14.6. The summed E-state index contributed by atoms with van der Waals surface area (Å²) in [7, 11) is 0. The first-order valence-electron chi connectivity index (χ1n) is 6.14. The van der Waals surface area contributed by atoms with Crippen molar-refractivity contribution in [1.29, 1.82) is 5.26 Å². The topological polar surface area (TPSA) is 83.4 Å². The summed E-state index contributed by atoms with van der Waals surface area (Å²) in [5.41, 5.74) is -0.487. The molecule has 2 N–H and O–H groups in total. The predicted octanol–water partition coefficient (Wildman–Crippen LogP) is 1.13. The van der Waals surface area contributed by atoms with Crippen molar-refractivity contribution in [2.75, 3.05) is 13.2 Å². The van der Waals surface area contributed by atoms with Crippen LogP contribution in [0.5, 0.6) is 0 Å². The second kappa shape index (κ2) is 6.45. The van der Waals surface area contributed by atoms with Gasteiger partial charge in [-0.2, -0.15) is 5.26 Å². The molecule has 0 aromatic carbocycles. The number of nitrogens with zero attached hydrogens (tertiary/aromatic N) is 1. The highest BCUT2D eigenvalue weighted by Gasteiger charge is 2.24. The summed E-state index contributed by atoms with van der Waals surface area (Å²) < 4.78 is 10.7. The highest BCUT2D eigenvalue weighted by Crippen LogP contribution is 2.14. The highest BCUT2D eigenvalue weighted by molar-refractivity contribution is 5.68. The third-order valence-corrected chi connectivity index (χ3v) is 2.50. The zero-order valence-electron chi connectivity index (χ0n) is 11.2. The molecule has 18 heavy (non-hydrogen) atoms. The van der Waals surface area contributed by atoms with E-state index in [0.29, 0.717) is 13.2 Å². The quantitative estimate of drug-likeness (QED) is 0.583. The Morgan fingerprint density at radius 2 is 2.22 bits per heavy atom. The van der Waals surface area contributed by atoms with E-state index in [1.807, 2.05) is 27.0 Å². The minimum Gasteiger partial charge on any atom is -0.444 e. The van der Waals surface area contributed by atoms with Gasteiger partial charge in [-0.1, -0.05) is 0 Å². The molecule has 6 heteroatoms. The SMILES string of the molecule is CC(C)(C)OC(=O)N[C@@H]1CC[C@@H](CNC#N)OC1. The molecule has 6 nitrogen and oxygen atoms in total. The molecule has 0 radical (unpaired) electrons. The molecule has 1 amide bonds. The lowest BCUT2D eigenvalue weighted by molar-refractivity contribution is -0.00546. The molecule has 0 bridgehead atoms. The summed E-state index contributed by atoms with van der Waals surface area (Å²) >= 11 is 0. The number of alkyl carbamates (subject to hydrolysis) is 1. The van der Waals surface area contributed by atoms with Crippen LogP contribution in [0.15, 0.2) is 0 Å². The Morgan fingerprint density at radius 1 is 1.50 bits per heavy atom. The van der Waals surface area contributed by atoms with Crippen molar-refractivity contribution in [3.8, 4) is 6.19 Å². The van der Waals surface area contributed by atoms with Gasteiger partial charge in [0.1, 0.15) is 5.60 Å². The molecule has 0 aromatic heterocycles. The monoisotopic (exact) mass is 255 g/mol. The number of nitriles is 1. The van der Waals surface area contributed by atoms with Crippen molar-refractivity contribution in [2.24, 2.45) is 0 Å². The fraction of sp³-hybridized carbons (Fsp3) is 0.833. The minimum absolute atomic E-state index is 0.0156. The van der Waals surface area contributed by atoms with Gasteiger partial charge in [0, 0.05) is 0 Å². The summed E-state index contributed by atoms with van der Waals surface area (Å²) in [5.74, 6) is 0. The maximum atomic E-state index is 11.5. The zero-order valence-corrected chi connectivity index (χ0v) is 11.2. The fourth-order valence-corrected chi connectivity index (χ4v) is 1.71. The number of carbonyl (C=O) groups is 1. The molecular formula is C12H21N3O3. The standard InChI is InChI=1S/C12H21N3O3/c1-12(2,3)18-11(16)15-9-4-5-10(17-7-9)6-14-8-13/h9-10,14H,4-7H2,1-3H3,(H,15,16)/t9-,10+/m1/s1. The first-order valence-corrected chi connectivity index (χ1v) is 6.14. The van der Waals surface area contributed by atoms with Gasteiger partial charge < -0.3 is 20.1 Å². The van der Waals surface area contributed by atoms with Gasteiger partial charge >= 0.3 is 6.09 Å². The lowest BCUT2D eigenvalue weighted by Gasteiger charge is -2.30. The maximum absolute atomic E-state index is 11.5. The van der Waals surface area contributed by atoms with Crippen LogP contribution < -0.4 is 10.6 Å². The number of carbonyl (C=O) groups excluding carboxylic acids is 1. The number of hydrogen-bond donors (Lipinski definition) is 2. The first-order chi connectivity index (χ1) is 8.40. The van der Waals surface area contributed by atoms with Crippen molar-refractivity contribution in [3.05, 3.63) is 0 Å². The molecule has 0 spiro atoms.